The zero-order valence-corrected chi connectivity index (χ0v) is 14.6. The van der Waals surface area contributed by atoms with Crippen molar-refractivity contribution >= 4 is 76.5 Å². The monoisotopic (exact) mass is 378 g/mol. The van der Waals surface area contributed by atoms with E-state index >= 15 is 0 Å². The molecule has 0 aromatic heterocycles. The molecule has 2 N–H and O–H groups in total. The van der Waals surface area contributed by atoms with Crippen LogP contribution < -0.4 is 0 Å². The molecule has 0 fully saturated rings. The van der Waals surface area contributed by atoms with Gasteiger partial charge < -0.3 is 2.85 Å². The summed E-state index contributed by atoms with van der Waals surface area (Å²) in [7, 11) is -8.74. The third kappa shape index (κ3) is 3.76. The first-order valence-corrected chi connectivity index (χ1v) is 7.55. The van der Waals surface area contributed by atoms with Crippen LogP contribution in [0.4, 0.5) is 0 Å². The van der Waals surface area contributed by atoms with E-state index in [0.29, 0.717) is 0 Å². The van der Waals surface area contributed by atoms with Crippen molar-refractivity contribution < 1.29 is 28.8 Å². The molecule has 9 heteroatoms. The van der Waals surface area contributed by atoms with Gasteiger partial charge in [-0.1, -0.05) is 18.2 Å². The van der Waals surface area contributed by atoms with Crippen molar-refractivity contribution in [2.24, 2.45) is 0 Å². The average molecular weight is 378 g/mol. The summed E-state index contributed by atoms with van der Waals surface area (Å²) in [5, 5.41) is 0.452. The van der Waals surface area contributed by atoms with E-state index in [1.165, 1.54) is 24.3 Å². The Morgan fingerprint density at radius 2 is 1.53 bits per heavy atom. The van der Waals surface area contributed by atoms with E-state index in [9.17, 15) is 16.8 Å². The minimum atomic E-state index is -4.39. The Bertz CT molecular complexity index is 836. The molecule has 100 valence electrons. The Hall–Kier alpha value is 0.000519. The van der Waals surface area contributed by atoms with Crippen molar-refractivity contribution in [2.45, 2.75) is 9.79 Å². The van der Waals surface area contributed by atoms with Crippen molar-refractivity contribution in [3.8, 4) is 0 Å². The van der Waals surface area contributed by atoms with E-state index < -0.39 is 20.2 Å². The summed E-state index contributed by atoms with van der Waals surface area (Å²) in [4.78, 5) is -0.663. The molecule has 0 bridgehead atoms. The van der Waals surface area contributed by atoms with E-state index in [0.717, 1.165) is 12.1 Å². The quantitative estimate of drug-likeness (QED) is 0.600. The molecule has 0 amide bonds. The molecule has 0 saturated heterocycles. The molecular formula is C10H10O6S2Sr. The van der Waals surface area contributed by atoms with Gasteiger partial charge in [-0.2, -0.15) is 16.8 Å². The standard InChI is InChI=1S/C10H8O6S2.Sr.2H/c11-17(12,13)8-4-5-9-7(6-8)2-1-3-10(9)18(14,15)16;;;/h1-6H,(H,11,12,13)(H,14,15,16);;;/q;+2;2*-1. The second-order valence-corrected chi connectivity index (χ2v) is 6.40. The third-order valence-corrected chi connectivity index (χ3v) is 4.15. The molecule has 0 aliphatic carbocycles. The van der Waals surface area contributed by atoms with Crippen molar-refractivity contribution in [2.75, 3.05) is 0 Å². The zero-order valence-electron chi connectivity index (χ0n) is 11.5. The van der Waals surface area contributed by atoms with Crippen molar-refractivity contribution in [1.29, 1.82) is 0 Å². The van der Waals surface area contributed by atoms with E-state index in [1.807, 2.05) is 0 Å². The molecule has 0 aliphatic heterocycles. The molecule has 0 saturated carbocycles. The van der Waals surface area contributed by atoms with Gasteiger partial charge in [0.05, 0.1) is 4.90 Å². The van der Waals surface area contributed by atoms with Crippen LogP contribution in [-0.2, 0) is 20.2 Å². The molecule has 0 spiro atoms. The van der Waals surface area contributed by atoms with Gasteiger partial charge in [-0.05, 0) is 23.6 Å². The van der Waals surface area contributed by atoms with Crippen LogP contribution in [0.2, 0.25) is 0 Å². The van der Waals surface area contributed by atoms with Crippen LogP contribution in [0.25, 0.3) is 10.8 Å². The van der Waals surface area contributed by atoms with Crippen LogP contribution in [0.15, 0.2) is 46.2 Å². The molecule has 0 aliphatic rings. The normalized spacial score (nSPS) is 12.1. The van der Waals surface area contributed by atoms with Gasteiger partial charge in [-0.25, -0.2) is 0 Å². The van der Waals surface area contributed by atoms with Crippen LogP contribution in [0.3, 0.4) is 0 Å². The molecule has 6 nitrogen and oxygen atoms in total. The number of hydrogen-bond donors (Lipinski definition) is 2. The fraction of sp³-hybridized carbons (Fsp3) is 0. The summed E-state index contributed by atoms with van der Waals surface area (Å²) < 4.78 is 62.0. The predicted molar refractivity (Wildman–Crippen MR) is 71.6 cm³/mol. The van der Waals surface area contributed by atoms with Crippen LogP contribution in [0.1, 0.15) is 2.85 Å². The van der Waals surface area contributed by atoms with Gasteiger partial charge in [0.15, 0.2) is 0 Å². The summed E-state index contributed by atoms with van der Waals surface area (Å²) in [6.07, 6.45) is 0. The third-order valence-electron chi connectivity index (χ3n) is 2.39. The van der Waals surface area contributed by atoms with Crippen molar-refractivity contribution in [3.63, 3.8) is 0 Å². The Labute approximate surface area is 150 Å². The topological polar surface area (TPSA) is 109 Å². The zero-order chi connectivity index (χ0) is 13.6. The molecule has 2 rings (SSSR count). The number of benzene rings is 2. The number of hydrogen-bond acceptors (Lipinski definition) is 4. The Balaban J connectivity index is 0. The first-order valence-electron chi connectivity index (χ1n) is 4.67. The maximum Gasteiger partial charge on any atom is 2.00 e. The first kappa shape index (κ1) is 17.1. The van der Waals surface area contributed by atoms with E-state index in [1.54, 1.807) is 0 Å². The SMILES string of the molecule is O=S(=O)(O)c1ccc2c(S(=O)(=O)O)cccc2c1.[H-].[H-].[Sr+2]. The predicted octanol–water partition coefficient (Wildman–Crippen LogP) is 1.18. The molecule has 0 unspecified atom stereocenters. The Kier molecular flexibility index (Phi) is 5.19. The smallest absolute Gasteiger partial charge is 1.00 e. The van der Waals surface area contributed by atoms with Gasteiger partial charge in [-0.3, -0.25) is 9.11 Å². The van der Waals surface area contributed by atoms with Crippen molar-refractivity contribution in [3.05, 3.63) is 36.4 Å². The second kappa shape index (κ2) is 5.78. The van der Waals surface area contributed by atoms with E-state index in [4.69, 9.17) is 9.11 Å². The van der Waals surface area contributed by atoms with Crippen LogP contribution in [0.5, 0.6) is 0 Å². The molecule has 0 radical (unpaired) electrons. The fourth-order valence-electron chi connectivity index (χ4n) is 1.62. The van der Waals surface area contributed by atoms with Gasteiger partial charge in [-0.15, -0.1) is 0 Å². The second-order valence-electron chi connectivity index (χ2n) is 3.59. The fourth-order valence-corrected chi connectivity index (χ4v) is 2.85. The van der Waals surface area contributed by atoms with Gasteiger partial charge in [0.1, 0.15) is 4.90 Å². The summed E-state index contributed by atoms with van der Waals surface area (Å²) in [6, 6.07) is 7.43. The van der Waals surface area contributed by atoms with Gasteiger partial charge in [0.2, 0.25) is 0 Å². The number of rotatable bonds is 2. The average Bonchev–Trinajstić information content (AvgIpc) is 2.25. The van der Waals surface area contributed by atoms with E-state index in [-0.39, 0.29) is 68.9 Å². The largest absolute Gasteiger partial charge is 2.00 e. The van der Waals surface area contributed by atoms with Crippen LogP contribution >= 0.6 is 0 Å². The molecule has 0 heterocycles. The van der Waals surface area contributed by atoms with Gasteiger partial charge in [0, 0.05) is 5.39 Å². The number of fused-ring (bicyclic) bond motifs is 1. The maximum atomic E-state index is 11.1. The maximum absolute atomic E-state index is 11.1. The Morgan fingerprint density at radius 3 is 2.05 bits per heavy atom. The summed E-state index contributed by atoms with van der Waals surface area (Å²) >= 11 is 0. The molecule has 2 aromatic rings. The Morgan fingerprint density at radius 1 is 0.895 bits per heavy atom. The summed E-state index contributed by atoms with van der Waals surface area (Å²) in [5.74, 6) is 0. The molecule has 19 heavy (non-hydrogen) atoms. The van der Waals surface area contributed by atoms with Crippen LogP contribution in [0, 0.1) is 0 Å². The minimum Gasteiger partial charge on any atom is -1.00 e. The molecular weight excluding hydrogens is 368 g/mol. The van der Waals surface area contributed by atoms with Crippen molar-refractivity contribution in [1.82, 2.24) is 0 Å². The molecule has 0 atom stereocenters. The molecule has 2 aromatic carbocycles. The van der Waals surface area contributed by atoms with Gasteiger partial charge in [0.25, 0.3) is 20.2 Å². The van der Waals surface area contributed by atoms with E-state index in [2.05, 4.69) is 0 Å². The first-order chi connectivity index (χ1) is 8.19. The minimum absolute atomic E-state index is 0. The van der Waals surface area contributed by atoms with Gasteiger partial charge >= 0.3 is 45.5 Å². The summed E-state index contributed by atoms with van der Waals surface area (Å²) in [5.41, 5.74) is 0. The van der Waals surface area contributed by atoms with Crippen LogP contribution in [-0.4, -0.2) is 71.4 Å². The summed E-state index contributed by atoms with van der Waals surface area (Å²) in [6.45, 7) is 0.